The Labute approximate surface area is 203 Å². The minimum absolute atomic E-state index is 0.0795. The average molecular weight is 471 g/mol. The maximum absolute atomic E-state index is 12.4. The van der Waals surface area contributed by atoms with Crippen LogP contribution in [0.15, 0.2) is 83.5 Å². The van der Waals surface area contributed by atoms with Crippen molar-refractivity contribution in [3.63, 3.8) is 0 Å². The molecule has 2 aliphatic carbocycles. The molecule has 1 unspecified atom stereocenters. The highest BCUT2D eigenvalue weighted by atomic mass is 16.6. The second kappa shape index (κ2) is 9.25. The first-order valence-electron chi connectivity index (χ1n) is 11.7. The summed E-state index contributed by atoms with van der Waals surface area (Å²) in [5, 5.41) is 16.1. The molecule has 2 atom stereocenters. The third-order valence-electron chi connectivity index (χ3n) is 6.75. The normalized spacial score (nSPS) is 18.9. The van der Waals surface area contributed by atoms with Gasteiger partial charge in [0.2, 0.25) is 0 Å². The summed E-state index contributed by atoms with van der Waals surface area (Å²) >= 11 is 0. The van der Waals surface area contributed by atoms with Gasteiger partial charge in [0.15, 0.2) is 5.76 Å². The number of nitrogens with one attached hydrogen (secondary N) is 1. The van der Waals surface area contributed by atoms with E-state index in [-0.39, 0.29) is 5.92 Å². The number of benzene rings is 2. The minimum atomic E-state index is -0.750. The molecule has 0 bridgehead atoms. The van der Waals surface area contributed by atoms with E-state index in [1.807, 2.05) is 73.7 Å². The van der Waals surface area contributed by atoms with Gasteiger partial charge in [0.1, 0.15) is 11.8 Å². The molecule has 35 heavy (non-hydrogen) atoms. The molecular weight excluding hydrogens is 444 g/mol. The van der Waals surface area contributed by atoms with Gasteiger partial charge in [0, 0.05) is 5.92 Å². The molecule has 0 saturated heterocycles. The summed E-state index contributed by atoms with van der Waals surface area (Å²) in [6.07, 6.45) is 8.70. The number of nitrogens with zero attached hydrogens (tertiary/aromatic N) is 1. The number of carbonyl (C=O) groups excluding carboxylic acids is 1. The van der Waals surface area contributed by atoms with Crippen molar-refractivity contribution >= 4 is 23.3 Å². The van der Waals surface area contributed by atoms with Gasteiger partial charge in [-0.15, -0.1) is 0 Å². The molecule has 2 aromatic carbocycles. The zero-order valence-corrected chi connectivity index (χ0v) is 19.3. The van der Waals surface area contributed by atoms with Gasteiger partial charge < -0.3 is 14.4 Å². The number of carbonyl (C=O) groups is 2. The van der Waals surface area contributed by atoms with Gasteiger partial charge in [-0.1, -0.05) is 78.0 Å². The predicted molar refractivity (Wildman–Crippen MR) is 131 cm³/mol. The Morgan fingerprint density at radius 2 is 1.89 bits per heavy atom. The molecule has 3 aromatic rings. The van der Waals surface area contributed by atoms with Gasteiger partial charge in [-0.3, -0.25) is 10.1 Å². The van der Waals surface area contributed by atoms with E-state index in [2.05, 4.69) is 16.5 Å². The molecule has 5 rings (SSSR count). The Morgan fingerprint density at radius 1 is 1.14 bits per heavy atom. The van der Waals surface area contributed by atoms with Crippen LogP contribution in [-0.4, -0.2) is 22.3 Å². The summed E-state index contributed by atoms with van der Waals surface area (Å²) in [4.78, 5) is 24.0. The van der Waals surface area contributed by atoms with Crippen LogP contribution in [0.25, 0.3) is 5.57 Å². The Kier molecular flexibility index (Phi) is 5.99. The zero-order chi connectivity index (χ0) is 24.4. The van der Waals surface area contributed by atoms with Crippen molar-refractivity contribution in [3.05, 3.63) is 101 Å². The molecule has 0 spiro atoms. The lowest BCUT2D eigenvalue weighted by Crippen LogP contribution is -2.19. The number of amides is 1. The molecule has 1 saturated carbocycles. The summed E-state index contributed by atoms with van der Waals surface area (Å²) in [6, 6.07) is 17.3. The fraction of sp³-hybridized carbons (Fsp3) is 0.250. The van der Waals surface area contributed by atoms with E-state index in [0.717, 1.165) is 22.3 Å². The van der Waals surface area contributed by atoms with Gasteiger partial charge in [-0.25, -0.2) is 4.79 Å². The van der Waals surface area contributed by atoms with Gasteiger partial charge in [0.25, 0.3) is 0 Å². The third-order valence-corrected chi connectivity index (χ3v) is 6.75. The van der Waals surface area contributed by atoms with E-state index < -0.39 is 23.6 Å². The second-order valence-corrected chi connectivity index (χ2v) is 9.01. The number of hydrogen-bond acceptors (Lipinski definition) is 5. The Morgan fingerprint density at radius 3 is 2.51 bits per heavy atom. The number of hydrogen-bond donors (Lipinski definition) is 2. The van der Waals surface area contributed by atoms with Gasteiger partial charge >= 0.3 is 12.1 Å². The lowest BCUT2D eigenvalue weighted by molar-refractivity contribution is -0.140. The maximum Gasteiger partial charge on any atom is 0.412 e. The smallest absolute Gasteiger partial charge is 0.412 e. The van der Waals surface area contributed by atoms with Crippen LogP contribution in [0.1, 0.15) is 60.7 Å². The summed E-state index contributed by atoms with van der Waals surface area (Å²) in [5.74, 6) is -0.266. The molecule has 0 aliphatic heterocycles. The van der Waals surface area contributed by atoms with Crippen LogP contribution in [-0.2, 0) is 14.9 Å². The van der Waals surface area contributed by atoms with Crippen molar-refractivity contribution < 1.29 is 24.0 Å². The van der Waals surface area contributed by atoms with Crippen molar-refractivity contribution in [1.82, 2.24) is 5.16 Å². The van der Waals surface area contributed by atoms with Gasteiger partial charge in [-0.2, -0.15) is 0 Å². The van der Waals surface area contributed by atoms with E-state index in [4.69, 9.17) is 9.26 Å². The summed E-state index contributed by atoms with van der Waals surface area (Å²) in [5.41, 5.74) is 3.63. The molecule has 7 heteroatoms. The monoisotopic (exact) mass is 470 g/mol. The van der Waals surface area contributed by atoms with Crippen molar-refractivity contribution in [1.29, 1.82) is 0 Å². The quantitative estimate of drug-likeness (QED) is 0.425. The van der Waals surface area contributed by atoms with E-state index in [9.17, 15) is 14.7 Å². The number of aliphatic carboxylic acids is 1. The Hall–Kier alpha value is -4.13. The molecule has 1 aromatic heterocycles. The zero-order valence-electron chi connectivity index (χ0n) is 19.3. The Balaban J connectivity index is 1.22. The highest BCUT2D eigenvalue weighted by Gasteiger charge is 2.51. The summed E-state index contributed by atoms with van der Waals surface area (Å²) in [6.45, 7) is 1.82. The van der Waals surface area contributed by atoms with E-state index in [0.29, 0.717) is 30.7 Å². The van der Waals surface area contributed by atoms with E-state index in [1.165, 1.54) is 6.20 Å². The predicted octanol–water partition coefficient (Wildman–Crippen LogP) is 6.23. The van der Waals surface area contributed by atoms with Crippen LogP contribution in [0.4, 0.5) is 10.5 Å². The van der Waals surface area contributed by atoms with Crippen LogP contribution >= 0.6 is 0 Å². The SMILES string of the molecule is C[C@@H](OC(=O)Nc1cnoc1C1C=CC(c2ccc(C3(C(=O)O)CC3)cc2)=CC1)c1ccccc1. The topological polar surface area (TPSA) is 102 Å². The first-order valence-corrected chi connectivity index (χ1v) is 11.7. The molecule has 7 nitrogen and oxygen atoms in total. The first-order chi connectivity index (χ1) is 17.0. The second-order valence-electron chi connectivity index (χ2n) is 9.01. The highest BCUT2D eigenvalue weighted by Crippen LogP contribution is 2.48. The van der Waals surface area contributed by atoms with Crippen LogP contribution in [0, 0.1) is 0 Å². The lowest BCUT2D eigenvalue weighted by Gasteiger charge is -2.17. The van der Waals surface area contributed by atoms with Gasteiger partial charge in [-0.05, 0) is 48.4 Å². The largest absolute Gasteiger partial charge is 0.481 e. The lowest BCUT2D eigenvalue weighted by atomic mass is 9.89. The fourth-order valence-electron chi connectivity index (χ4n) is 4.46. The standard InChI is InChI=1S/C28H26N2O5/c1-18(19-5-3-2-4-6-19)34-27(33)30-24-17-29-35-25(24)22-9-7-20(8-10-22)21-11-13-23(14-12-21)28(15-16-28)26(31)32/h2-9,11-14,17-18,22H,10,15-16H2,1H3,(H,30,33)(H,31,32)/t18-,22?/m1/s1. The van der Waals surface area contributed by atoms with Crippen LogP contribution in [0.2, 0.25) is 0 Å². The van der Waals surface area contributed by atoms with Crippen LogP contribution in [0.3, 0.4) is 0 Å². The molecule has 1 amide bonds. The number of aromatic nitrogens is 1. The van der Waals surface area contributed by atoms with Crippen molar-refractivity contribution in [2.75, 3.05) is 5.32 Å². The maximum atomic E-state index is 12.4. The van der Waals surface area contributed by atoms with Crippen LogP contribution in [0.5, 0.6) is 0 Å². The Bertz CT molecular complexity index is 1290. The van der Waals surface area contributed by atoms with Crippen molar-refractivity contribution in [3.8, 4) is 0 Å². The number of rotatable bonds is 7. The van der Waals surface area contributed by atoms with Crippen molar-refractivity contribution in [2.45, 2.75) is 43.6 Å². The molecule has 1 fully saturated rings. The molecule has 2 N–H and O–H groups in total. The fourth-order valence-corrected chi connectivity index (χ4v) is 4.46. The number of ether oxygens (including phenoxy) is 1. The number of carboxylic acid groups (broad SMARTS) is 1. The molecule has 178 valence electrons. The van der Waals surface area contributed by atoms with Crippen molar-refractivity contribution in [2.24, 2.45) is 0 Å². The highest BCUT2D eigenvalue weighted by molar-refractivity contribution is 5.86. The minimum Gasteiger partial charge on any atom is -0.481 e. The van der Waals surface area contributed by atoms with E-state index in [1.54, 1.807) is 0 Å². The number of anilines is 1. The number of allylic oxidation sites excluding steroid dienone is 4. The van der Waals surface area contributed by atoms with Gasteiger partial charge in [0.05, 0.1) is 11.6 Å². The first kappa shape index (κ1) is 22.7. The molecule has 2 aliphatic rings. The number of carboxylic acids is 1. The molecular formula is C28H26N2O5. The third kappa shape index (κ3) is 4.62. The molecule has 1 heterocycles. The van der Waals surface area contributed by atoms with Crippen LogP contribution < -0.4 is 5.32 Å². The molecule has 0 radical (unpaired) electrons. The van der Waals surface area contributed by atoms with E-state index >= 15 is 0 Å². The summed E-state index contributed by atoms with van der Waals surface area (Å²) in [7, 11) is 0. The summed E-state index contributed by atoms with van der Waals surface area (Å²) < 4.78 is 11.0. The average Bonchev–Trinajstić information content (AvgIpc) is 3.58.